The van der Waals surface area contributed by atoms with Gasteiger partial charge in [-0.05, 0) is 68.0 Å². The third kappa shape index (κ3) is 5.55. The Morgan fingerprint density at radius 3 is 2.44 bits per heavy atom. The third-order valence-electron chi connectivity index (χ3n) is 5.87. The van der Waals surface area contributed by atoms with Gasteiger partial charge in [0.15, 0.2) is 23.0 Å². The molecule has 1 unspecified atom stereocenters. The highest BCUT2D eigenvalue weighted by atomic mass is 16.5. The first-order valence-corrected chi connectivity index (χ1v) is 11.0. The van der Waals surface area contributed by atoms with Crippen LogP contribution < -0.4 is 18.9 Å². The molecule has 6 heteroatoms. The molecule has 0 radical (unpaired) electrons. The van der Waals surface area contributed by atoms with Crippen LogP contribution >= 0.6 is 0 Å². The topological polar surface area (TPSA) is 57.2 Å². The molecule has 1 aliphatic heterocycles. The van der Waals surface area contributed by atoms with Gasteiger partial charge in [-0.25, -0.2) is 0 Å². The summed E-state index contributed by atoms with van der Waals surface area (Å²) >= 11 is 0. The van der Waals surface area contributed by atoms with Gasteiger partial charge in [-0.2, -0.15) is 0 Å². The van der Waals surface area contributed by atoms with E-state index in [2.05, 4.69) is 12.6 Å². The molecule has 1 amide bonds. The third-order valence-corrected chi connectivity index (χ3v) is 5.87. The molecule has 6 nitrogen and oxygen atoms in total. The van der Waals surface area contributed by atoms with Crippen molar-refractivity contribution in [1.82, 2.24) is 4.90 Å². The fraction of sp³-hybridized carbons (Fsp3) is 0.423. The minimum Gasteiger partial charge on any atom is -0.493 e. The van der Waals surface area contributed by atoms with Gasteiger partial charge < -0.3 is 23.8 Å². The molecule has 172 valence electrons. The Balaban J connectivity index is 1.72. The Morgan fingerprint density at radius 1 is 1.00 bits per heavy atom. The summed E-state index contributed by atoms with van der Waals surface area (Å²) < 4.78 is 21.8. The number of piperidine rings is 1. The summed E-state index contributed by atoms with van der Waals surface area (Å²) in [5.41, 5.74) is 1.79. The van der Waals surface area contributed by atoms with Crippen LogP contribution in [0.5, 0.6) is 23.0 Å². The Bertz CT molecular complexity index is 926. The number of benzene rings is 2. The molecule has 1 heterocycles. The lowest BCUT2D eigenvalue weighted by Gasteiger charge is -2.36. The second-order valence-corrected chi connectivity index (χ2v) is 7.84. The van der Waals surface area contributed by atoms with E-state index in [1.165, 1.54) is 5.56 Å². The zero-order valence-electron chi connectivity index (χ0n) is 19.3. The molecule has 1 aliphatic rings. The smallest absolute Gasteiger partial charge is 0.254 e. The highest BCUT2D eigenvalue weighted by Crippen LogP contribution is 2.31. The summed E-state index contributed by atoms with van der Waals surface area (Å²) in [6, 6.07) is 11.6. The molecule has 0 bridgehead atoms. The van der Waals surface area contributed by atoms with Crippen LogP contribution in [0.15, 0.2) is 49.1 Å². The van der Waals surface area contributed by atoms with E-state index in [4.69, 9.17) is 18.9 Å². The first-order valence-electron chi connectivity index (χ1n) is 11.0. The first kappa shape index (κ1) is 23.5. The number of hydrogen-bond acceptors (Lipinski definition) is 5. The predicted molar refractivity (Wildman–Crippen MR) is 125 cm³/mol. The van der Waals surface area contributed by atoms with E-state index < -0.39 is 0 Å². The lowest BCUT2D eigenvalue weighted by atomic mass is 9.95. The number of methoxy groups -OCH3 is 3. The Kier molecular flexibility index (Phi) is 8.42. The van der Waals surface area contributed by atoms with E-state index in [0.717, 1.165) is 50.1 Å². The van der Waals surface area contributed by atoms with Gasteiger partial charge in [0.2, 0.25) is 0 Å². The van der Waals surface area contributed by atoms with E-state index in [1.54, 1.807) is 39.5 Å². The van der Waals surface area contributed by atoms with Crippen molar-refractivity contribution < 1.29 is 23.7 Å². The quantitative estimate of drug-likeness (QED) is 0.493. The lowest BCUT2D eigenvalue weighted by molar-refractivity contribution is 0.0601. The zero-order valence-corrected chi connectivity index (χ0v) is 19.3. The van der Waals surface area contributed by atoms with Crippen molar-refractivity contribution in [2.45, 2.75) is 38.1 Å². The van der Waals surface area contributed by atoms with Crippen LogP contribution in [0.25, 0.3) is 0 Å². The number of ether oxygens (including phenoxy) is 4. The van der Waals surface area contributed by atoms with Crippen LogP contribution in [0.3, 0.4) is 0 Å². The molecular formula is C26H33NO5. The van der Waals surface area contributed by atoms with E-state index in [1.807, 2.05) is 23.1 Å². The Morgan fingerprint density at radius 2 is 1.72 bits per heavy atom. The van der Waals surface area contributed by atoms with Crippen molar-refractivity contribution in [3.8, 4) is 23.0 Å². The van der Waals surface area contributed by atoms with Crippen LogP contribution in [0, 0.1) is 0 Å². The molecule has 0 saturated carbocycles. The number of carbonyl (C=O) groups is 1. The monoisotopic (exact) mass is 439 g/mol. The van der Waals surface area contributed by atoms with E-state index in [9.17, 15) is 4.79 Å². The second kappa shape index (κ2) is 11.5. The zero-order chi connectivity index (χ0) is 22.9. The van der Waals surface area contributed by atoms with Gasteiger partial charge >= 0.3 is 0 Å². The fourth-order valence-electron chi connectivity index (χ4n) is 4.17. The first-order chi connectivity index (χ1) is 15.6. The minimum atomic E-state index is 0.0376. The molecular weight excluding hydrogens is 406 g/mol. The normalized spacial score (nSPS) is 15.7. The molecule has 0 aromatic heterocycles. The van der Waals surface area contributed by atoms with Gasteiger partial charge in [0.25, 0.3) is 5.91 Å². The van der Waals surface area contributed by atoms with Gasteiger partial charge in [-0.3, -0.25) is 4.79 Å². The summed E-state index contributed by atoms with van der Waals surface area (Å²) in [4.78, 5) is 15.4. The maximum absolute atomic E-state index is 13.4. The molecule has 0 spiro atoms. The van der Waals surface area contributed by atoms with Crippen LogP contribution in [-0.4, -0.2) is 51.3 Å². The van der Waals surface area contributed by atoms with Crippen molar-refractivity contribution >= 4 is 5.91 Å². The summed E-state index contributed by atoms with van der Waals surface area (Å²) in [7, 11) is 4.86. The summed E-state index contributed by atoms with van der Waals surface area (Å²) in [6.45, 7) is 4.82. The molecule has 1 fully saturated rings. The van der Waals surface area contributed by atoms with Crippen molar-refractivity contribution in [3.05, 3.63) is 60.2 Å². The number of rotatable bonds is 10. The highest BCUT2D eigenvalue weighted by molar-refractivity contribution is 5.95. The largest absolute Gasteiger partial charge is 0.493 e. The average Bonchev–Trinajstić information content (AvgIpc) is 2.85. The fourth-order valence-corrected chi connectivity index (χ4v) is 4.17. The van der Waals surface area contributed by atoms with Gasteiger partial charge in [-0.15, -0.1) is 0 Å². The Labute approximate surface area is 190 Å². The van der Waals surface area contributed by atoms with Crippen LogP contribution in [-0.2, 0) is 6.42 Å². The molecule has 1 atom stereocenters. The maximum Gasteiger partial charge on any atom is 0.254 e. The van der Waals surface area contributed by atoms with Gasteiger partial charge in [-0.1, -0.05) is 18.7 Å². The van der Waals surface area contributed by atoms with Gasteiger partial charge in [0.05, 0.1) is 21.3 Å². The number of amides is 1. The predicted octanol–water partition coefficient (Wildman–Crippen LogP) is 4.90. The van der Waals surface area contributed by atoms with Crippen molar-refractivity contribution in [2.75, 3.05) is 34.5 Å². The molecule has 1 saturated heterocycles. The molecule has 3 rings (SSSR count). The number of hydrogen-bond donors (Lipinski definition) is 0. The second-order valence-electron chi connectivity index (χ2n) is 7.84. The molecule has 2 aromatic carbocycles. The van der Waals surface area contributed by atoms with Crippen molar-refractivity contribution in [2.24, 2.45) is 0 Å². The van der Waals surface area contributed by atoms with Crippen molar-refractivity contribution in [1.29, 1.82) is 0 Å². The van der Waals surface area contributed by atoms with E-state index in [0.29, 0.717) is 23.7 Å². The van der Waals surface area contributed by atoms with Gasteiger partial charge in [0.1, 0.15) is 6.61 Å². The molecule has 2 aromatic rings. The standard InChI is InChI=1S/C26H33NO5/c1-5-16-32-23-14-11-20(18-25(23)31-4)26(28)27-15-7-6-8-21(27)12-9-19-10-13-22(29-2)24(17-19)30-3/h5,10-11,13-14,17-18,21H,1,6-9,12,15-16H2,2-4H3. The minimum absolute atomic E-state index is 0.0376. The van der Waals surface area contributed by atoms with Gasteiger partial charge in [0, 0.05) is 18.2 Å². The highest BCUT2D eigenvalue weighted by Gasteiger charge is 2.28. The number of carbonyl (C=O) groups excluding carboxylic acids is 1. The van der Waals surface area contributed by atoms with Crippen molar-refractivity contribution in [3.63, 3.8) is 0 Å². The average molecular weight is 440 g/mol. The van der Waals surface area contributed by atoms with E-state index in [-0.39, 0.29) is 11.9 Å². The van der Waals surface area contributed by atoms with Crippen LogP contribution in [0.4, 0.5) is 0 Å². The summed E-state index contributed by atoms with van der Waals surface area (Å²) in [5.74, 6) is 2.65. The maximum atomic E-state index is 13.4. The Hall–Kier alpha value is -3.15. The number of likely N-dealkylation sites (tertiary alicyclic amines) is 1. The summed E-state index contributed by atoms with van der Waals surface area (Å²) in [6.07, 6.45) is 6.62. The van der Waals surface area contributed by atoms with Crippen LogP contribution in [0.1, 0.15) is 41.6 Å². The SMILES string of the molecule is C=CCOc1ccc(C(=O)N2CCCCC2CCc2ccc(OC)c(OC)c2)cc1OC. The van der Waals surface area contributed by atoms with E-state index >= 15 is 0 Å². The molecule has 0 N–H and O–H groups in total. The molecule has 32 heavy (non-hydrogen) atoms. The van der Waals surface area contributed by atoms with Crippen LogP contribution in [0.2, 0.25) is 0 Å². The number of aryl methyl sites for hydroxylation is 1. The summed E-state index contributed by atoms with van der Waals surface area (Å²) in [5, 5.41) is 0. The lowest BCUT2D eigenvalue weighted by Crippen LogP contribution is -2.44. The molecule has 0 aliphatic carbocycles. The number of nitrogens with zero attached hydrogens (tertiary/aromatic N) is 1.